The number of hydrogen-bond acceptors (Lipinski definition) is 6. The highest BCUT2D eigenvalue weighted by atomic mass is 16.5. The highest BCUT2D eigenvalue weighted by Crippen LogP contribution is 2.34. The summed E-state index contributed by atoms with van der Waals surface area (Å²) in [6.45, 7) is 2.47. The number of hydrogen-bond donors (Lipinski definition) is 1. The lowest BCUT2D eigenvalue weighted by atomic mass is 9.98. The molecule has 6 heteroatoms. The minimum atomic E-state index is -0.657. The Morgan fingerprint density at radius 2 is 1.80 bits per heavy atom. The first-order valence-corrected chi connectivity index (χ1v) is 8.32. The van der Waals surface area contributed by atoms with Gasteiger partial charge in [-0.2, -0.15) is 0 Å². The van der Waals surface area contributed by atoms with Gasteiger partial charge < -0.3 is 14.6 Å². The maximum absolute atomic E-state index is 12.0. The Morgan fingerprint density at radius 1 is 1.12 bits per heavy atom. The quantitative estimate of drug-likeness (QED) is 0.380. The van der Waals surface area contributed by atoms with Gasteiger partial charge in [0.15, 0.2) is 17.3 Å². The summed E-state index contributed by atoms with van der Waals surface area (Å²) in [5.74, 6) is -2.06. The van der Waals surface area contributed by atoms with Crippen LogP contribution in [0.3, 0.4) is 0 Å². The van der Waals surface area contributed by atoms with Crippen LogP contribution >= 0.6 is 0 Å². The van der Waals surface area contributed by atoms with E-state index in [9.17, 15) is 19.5 Å². The molecule has 1 aromatic carbocycles. The van der Waals surface area contributed by atoms with Gasteiger partial charge >= 0.3 is 11.9 Å². The number of carbonyl (C=O) groups is 3. The number of Topliss-reactive ketones (excluding diaryl/α,β-unsaturated/α-hetero) is 1. The minimum Gasteiger partial charge on any atom is -0.504 e. The largest absolute Gasteiger partial charge is 0.504 e. The third-order valence-electron chi connectivity index (χ3n) is 4.00. The number of esters is 2. The summed E-state index contributed by atoms with van der Waals surface area (Å²) in [5.41, 5.74) is 0.402. The van der Waals surface area contributed by atoms with Crippen LogP contribution in [0.15, 0.2) is 18.2 Å². The lowest BCUT2D eigenvalue weighted by Gasteiger charge is -2.20. The van der Waals surface area contributed by atoms with Crippen molar-refractivity contribution in [3.8, 4) is 11.5 Å². The van der Waals surface area contributed by atoms with Crippen LogP contribution in [0.2, 0.25) is 0 Å². The Bertz CT molecular complexity index is 698. The van der Waals surface area contributed by atoms with Crippen LogP contribution in [0.4, 0.5) is 0 Å². The first kappa shape index (κ1) is 18.7. The van der Waals surface area contributed by atoms with E-state index in [2.05, 4.69) is 0 Å². The standard InChI is InChI=1S/C19H22O6/c1-12(20)18-14(8-10-16(22)19(18)24-13(2)21)9-11-17(23)25-15-6-4-3-5-7-15/h8-11,15,22H,3-7H2,1-2H3. The maximum atomic E-state index is 12.0. The van der Waals surface area contributed by atoms with Gasteiger partial charge in [0, 0.05) is 13.0 Å². The molecule has 0 saturated heterocycles. The summed E-state index contributed by atoms with van der Waals surface area (Å²) < 4.78 is 10.3. The second kappa shape index (κ2) is 8.46. The Morgan fingerprint density at radius 3 is 2.40 bits per heavy atom. The van der Waals surface area contributed by atoms with Crippen LogP contribution in [0.1, 0.15) is 61.9 Å². The number of phenolic OH excluding ortho intramolecular Hbond substituents is 1. The highest BCUT2D eigenvalue weighted by molar-refractivity contribution is 6.02. The lowest BCUT2D eigenvalue weighted by molar-refractivity contribution is -0.144. The predicted octanol–water partition coefficient (Wildman–Crippen LogP) is 3.41. The third-order valence-corrected chi connectivity index (χ3v) is 4.00. The molecule has 0 bridgehead atoms. The molecule has 1 aliphatic rings. The number of ketones is 1. The Balaban J connectivity index is 2.21. The molecule has 1 N–H and O–H groups in total. The van der Waals surface area contributed by atoms with Gasteiger partial charge in [-0.1, -0.05) is 12.5 Å². The van der Waals surface area contributed by atoms with Crippen LogP contribution in [0.25, 0.3) is 6.08 Å². The zero-order valence-corrected chi connectivity index (χ0v) is 14.4. The number of ether oxygens (including phenoxy) is 2. The Hall–Kier alpha value is -2.63. The van der Waals surface area contributed by atoms with E-state index in [0.717, 1.165) is 32.1 Å². The molecule has 1 aliphatic carbocycles. The van der Waals surface area contributed by atoms with E-state index in [4.69, 9.17) is 9.47 Å². The molecule has 1 saturated carbocycles. The van der Waals surface area contributed by atoms with E-state index in [1.54, 1.807) is 0 Å². The van der Waals surface area contributed by atoms with Crippen LogP contribution < -0.4 is 4.74 Å². The summed E-state index contributed by atoms with van der Waals surface area (Å²) in [5, 5.41) is 9.86. The molecule has 0 heterocycles. The van der Waals surface area contributed by atoms with Gasteiger partial charge in [-0.05, 0) is 50.3 Å². The van der Waals surface area contributed by atoms with Gasteiger partial charge in [0.1, 0.15) is 6.10 Å². The molecule has 0 amide bonds. The predicted molar refractivity (Wildman–Crippen MR) is 91.4 cm³/mol. The van der Waals surface area contributed by atoms with Crippen molar-refractivity contribution in [2.45, 2.75) is 52.1 Å². The lowest BCUT2D eigenvalue weighted by Crippen LogP contribution is -2.19. The monoisotopic (exact) mass is 346 g/mol. The number of phenols is 1. The highest BCUT2D eigenvalue weighted by Gasteiger charge is 2.20. The molecule has 0 radical (unpaired) electrons. The molecule has 1 aromatic rings. The Labute approximate surface area is 146 Å². The smallest absolute Gasteiger partial charge is 0.331 e. The fourth-order valence-electron chi connectivity index (χ4n) is 2.88. The topological polar surface area (TPSA) is 89.9 Å². The average molecular weight is 346 g/mol. The van der Waals surface area contributed by atoms with Gasteiger partial charge in [0.2, 0.25) is 0 Å². The van der Waals surface area contributed by atoms with Crippen molar-refractivity contribution >= 4 is 23.8 Å². The summed E-state index contributed by atoms with van der Waals surface area (Å²) in [6, 6.07) is 2.78. The van der Waals surface area contributed by atoms with Crippen molar-refractivity contribution in [1.82, 2.24) is 0 Å². The molecule has 0 aromatic heterocycles. The van der Waals surface area contributed by atoms with Gasteiger partial charge in [-0.25, -0.2) is 4.79 Å². The van der Waals surface area contributed by atoms with E-state index in [1.165, 1.54) is 38.1 Å². The number of rotatable bonds is 5. The summed E-state index contributed by atoms with van der Waals surface area (Å²) in [4.78, 5) is 35.1. The van der Waals surface area contributed by atoms with Gasteiger partial charge in [-0.15, -0.1) is 0 Å². The summed E-state index contributed by atoms with van der Waals surface area (Å²) in [6.07, 6.45) is 7.62. The Kier molecular flexibility index (Phi) is 6.33. The second-order valence-electron chi connectivity index (χ2n) is 6.06. The fourth-order valence-corrected chi connectivity index (χ4v) is 2.88. The molecular formula is C19H22O6. The number of benzene rings is 1. The summed E-state index contributed by atoms with van der Waals surface area (Å²) in [7, 11) is 0. The first-order valence-electron chi connectivity index (χ1n) is 8.32. The normalized spacial score (nSPS) is 15.1. The summed E-state index contributed by atoms with van der Waals surface area (Å²) >= 11 is 0. The third kappa shape index (κ3) is 5.17. The first-order chi connectivity index (χ1) is 11.9. The molecule has 0 atom stereocenters. The van der Waals surface area contributed by atoms with Gasteiger partial charge in [-0.3, -0.25) is 9.59 Å². The van der Waals surface area contributed by atoms with E-state index in [-0.39, 0.29) is 23.2 Å². The minimum absolute atomic E-state index is 0.0388. The van der Waals surface area contributed by atoms with Crippen molar-refractivity contribution in [3.05, 3.63) is 29.3 Å². The fraction of sp³-hybridized carbons (Fsp3) is 0.421. The van der Waals surface area contributed by atoms with Crippen molar-refractivity contribution < 1.29 is 29.0 Å². The molecule has 2 rings (SSSR count). The zero-order chi connectivity index (χ0) is 18.4. The molecule has 0 spiro atoms. The molecule has 0 aliphatic heterocycles. The van der Waals surface area contributed by atoms with Crippen LogP contribution in [-0.4, -0.2) is 28.9 Å². The second-order valence-corrected chi connectivity index (χ2v) is 6.06. The van der Waals surface area contributed by atoms with Crippen LogP contribution in [-0.2, 0) is 14.3 Å². The van der Waals surface area contributed by atoms with Crippen molar-refractivity contribution in [1.29, 1.82) is 0 Å². The molecular weight excluding hydrogens is 324 g/mol. The number of aromatic hydroxyl groups is 1. The average Bonchev–Trinajstić information content (AvgIpc) is 2.55. The SMILES string of the molecule is CC(=O)Oc1c(O)ccc(C=CC(=O)OC2CCCCC2)c1C(C)=O. The molecule has 134 valence electrons. The van der Waals surface area contributed by atoms with Crippen molar-refractivity contribution in [3.63, 3.8) is 0 Å². The molecule has 25 heavy (non-hydrogen) atoms. The van der Waals surface area contributed by atoms with Crippen LogP contribution in [0.5, 0.6) is 11.5 Å². The van der Waals surface area contributed by atoms with Gasteiger partial charge in [0.05, 0.1) is 5.56 Å². The maximum Gasteiger partial charge on any atom is 0.331 e. The van der Waals surface area contributed by atoms with E-state index < -0.39 is 17.7 Å². The van der Waals surface area contributed by atoms with Crippen molar-refractivity contribution in [2.75, 3.05) is 0 Å². The van der Waals surface area contributed by atoms with Gasteiger partial charge in [0.25, 0.3) is 0 Å². The van der Waals surface area contributed by atoms with E-state index in [0.29, 0.717) is 5.56 Å². The zero-order valence-electron chi connectivity index (χ0n) is 14.4. The van der Waals surface area contributed by atoms with E-state index in [1.807, 2.05) is 0 Å². The molecule has 0 unspecified atom stereocenters. The molecule has 1 fully saturated rings. The van der Waals surface area contributed by atoms with E-state index >= 15 is 0 Å². The van der Waals surface area contributed by atoms with Crippen molar-refractivity contribution in [2.24, 2.45) is 0 Å². The molecule has 6 nitrogen and oxygen atoms in total. The van der Waals surface area contributed by atoms with Crippen LogP contribution in [0, 0.1) is 0 Å². The number of carbonyl (C=O) groups excluding carboxylic acids is 3.